The topological polar surface area (TPSA) is 96.2 Å². The SMILES string of the molecule is Cn1ccc(NC(=O)NCC2(CC(=O)O)CCC2)n1. The molecule has 7 nitrogen and oxygen atoms in total. The molecular formula is C12H18N4O3. The maximum atomic E-state index is 11.7. The van der Waals surface area contributed by atoms with E-state index in [9.17, 15) is 9.59 Å². The Morgan fingerprint density at radius 3 is 2.74 bits per heavy atom. The molecule has 3 N–H and O–H groups in total. The minimum atomic E-state index is -0.813. The quantitative estimate of drug-likeness (QED) is 0.745. The molecule has 0 radical (unpaired) electrons. The first-order chi connectivity index (χ1) is 8.99. The van der Waals surface area contributed by atoms with Gasteiger partial charge in [0.05, 0.1) is 6.42 Å². The standard InChI is InChI=1S/C12H18N4O3/c1-16-6-3-9(15-16)14-11(19)13-8-12(4-2-5-12)7-10(17)18/h3,6H,2,4-5,7-8H2,1H3,(H,17,18)(H2,13,14,15,19). The number of aryl methyl sites for hydroxylation is 1. The van der Waals surface area contributed by atoms with Crippen molar-refractivity contribution in [1.29, 1.82) is 0 Å². The second-order valence-electron chi connectivity index (χ2n) is 5.11. The number of hydrogen-bond acceptors (Lipinski definition) is 3. The molecule has 0 atom stereocenters. The number of nitrogens with one attached hydrogen (secondary N) is 2. The molecule has 1 aliphatic rings. The number of urea groups is 1. The summed E-state index contributed by atoms with van der Waals surface area (Å²) in [4.78, 5) is 22.5. The number of carboxylic acids is 1. The lowest BCUT2D eigenvalue weighted by atomic mass is 9.66. The van der Waals surface area contributed by atoms with Crippen molar-refractivity contribution in [3.8, 4) is 0 Å². The van der Waals surface area contributed by atoms with Crippen LogP contribution < -0.4 is 10.6 Å². The van der Waals surface area contributed by atoms with Gasteiger partial charge in [-0.25, -0.2) is 4.79 Å². The number of amides is 2. The van der Waals surface area contributed by atoms with Crippen LogP contribution in [0.2, 0.25) is 0 Å². The fraction of sp³-hybridized carbons (Fsp3) is 0.583. The maximum Gasteiger partial charge on any atom is 0.320 e. The van der Waals surface area contributed by atoms with Gasteiger partial charge in [0.25, 0.3) is 0 Å². The Morgan fingerprint density at radius 2 is 2.26 bits per heavy atom. The number of carboxylic acid groups (broad SMARTS) is 1. The molecule has 1 saturated carbocycles. The molecule has 0 aliphatic heterocycles. The average molecular weight is 266 g/mol. The van der Waals surface area contributed by atoms with Crippen molar-refractivity contribution in [3.05, 3.63) is 12.3 Å². The average Bonchev–Trinajstić information content (AvgIpc) is 2.67. The summed E-state index contributed by atoms with van der Waals surface area (Å²) in [6, 6.07) is 1.34. The Balaban J connectivity index is 1.81. The van der Waals surface area contributed by atoms with Crippen molar-refractivity contribution in [1.82, 2.24) is 15.1 Å². The number of nitrogens with zero attached hydrogens (tertiary/aromatic N) is 2. The van der Waals surface area contributed by atoms with Crippen LogP contribution in [0.1, 0.15) is 25.7 Å². The zero-order chi connectivity index (χ0) is 13.9. The predicted molar refractivity (Wildman–Crippen MR) is 68.8 cm³/mol. The van der Waals surface area contributed by atoms with Crippen LogP contribution in [0.5, 0.6) is 0 Å². The molecule has 0 aromatic carbocycles. The summed E-state index contributed by atoms with van der Waals surface area (Å²) in [5.74, 6) is -0.340. The van der Waals surface area contributed by atoms with Gasteiger partial charge in [-0.1, -0.05) is 6.42 Å². The van der Waals surface area contributed by atoms with E-state index < -0.39 is 5.97 Å². The van der Waals surface area contributed by atoms with E-state index in [1.54, 1.807) is 24.0 Å². The summed E-state index contributed by atoms with van der Waals surface area (Å²) in [6.45, 7) is 0.387. The number of anilines is 1. The van der Waals surface area contributed by atoms with Crippen LogP contribution in [0.3, 0.4) is 0 Å². The first-order valence-electron chi connectivity index (χ1n) is 6.25. The van der Waals surface area contributed by atoms with Gasteiger partial charge in [0, 0.05) is 25.9 Å². The molecular weight excluding hydrogens is 248 g/mol. The number of aliphatic carboxylic acids is 1. The van der Waals surface area contributed by atoms with Crippen LogP contribution >= 0.6 is 0 Å². The molecule has 0 saturated heterocycles. The first kappa shape index (κ1) is 13.4. The molecule has 0 spiro atoms. The third kappa shape index (κ3) is 3.46. The summed E-state index contributed by atoms with van der Waals surface area (Å²) in [5.41, 5.74) is -0.271. The highest BCUT2D eigenvalue weighted by atomic mass is 16.4. The minimum Gasteiger partial charge on any atom is -0.481 e. The van der Waals surface area contributed by atoms with Gasteiger partial charge in [-0.2, -0.15) is 5.10 Å². The van der Waals surface area contributed by atoms with Crippen molar-refractivity contribution in [2.45, 2.75) is 25.7 Å². The van der Waals surface area contributed by atoms with Crippen LogP contribution in [-0.2, 0) is 11.8 Å². The molecule has 0 unspecified atom stereocenters. The highest BCUT2D eigenvalue weighted by Gasteiger charge is 2.39. The number of carbonyl (C=O) groups excluding carboxylic acids is 1. The number of carbonyl (C=O) groups is 2. The summed E-state index contributed by atoms with van der Waals surface area (Å²) in [6.07, 6.45) is 4.56. The molecule has 1 fully saturated rings. The maximum absolute atomic E-state index is 11.7. The normalized spacial score (nSPS) is 16.5. The van der Waals surface area contributed by atoms with Crippen LogP contribution in [0.15, 0.2) is 12.3 Å². The fourth-order valence-corrected chi connectivity index (χ4v) is 2.32. The van der Waals surface area contributed by atoms with Crippen molar-refractivity contribution in [3.63, 3.8) is 0 Å². The number of rotatable bonds is 5. The molecule has 2 amide bonds. The van der Waals surface area contributed by atoms with E-state index >= 15 is 0 Å². The van der Waals surface area contributed by atoms with Crippen molar-refractivity contribution >= 4 is 17.8 Å². The van der Waals surface area contributed by atoms with Gasteiger partial charge in [-0.3, -0.25) is 14.8 Å². The van der Waals surface area contributed by atoms with Crippen LogP contribution in [0.4, 0.5) is 10.6 Å². The minimum absolute atomic E-state index is 0.108. The number of aromatic nitrogens is 2. The molecule has 104 valence electrons. The molecule has 1 aliphatic carbocycles. The van der Waals surface area contributed by atoms with E-state index in [1.807, 2.05) is 0 Å². The highest BCUT2D eigenvalue weighted by Crippen LogP contribution is 2.43. The molecule has 19 heavy (non-hydrogen) atoms. The Hall–Kier alpha value is -2.05. The third-order valence-corrected chi connectivity index (χ3v) is 3.52. The van der Waals surface area contributed by atoms with Gasteiger partial charge in [0.2, 0.25) is 0 Å². The van der Waals surface area contributed by atoms with Crippen LogP contribution in [0, 0.1) is 5.41 Å². The molecule has 1 aromatic heterocycles. The van der Waals surface area contributed by atoms with E-state index in [2.05, 4.69) is 15.7 Å². The predicted octanol–water partition coefficient (Wildman–Crippen LogP) is 1.19. The summed E-state index contributed by atoms with van der Waals surface area (Å²) in [7, 11) is 1.76. The van der Waals surface area contributed by atoms with Gasteiger partial charge < -0.3 is 10.4 Å². The van der Waals surface area contributed by atoms with E-state index in [0.29, 0.717) is 12.4 Å². The molecule has 0 bridgehead atoms. The van der Waals surface area contributed by atoms with Crippen LogP contribution in [-0.4, -0.2) is 33.4 Å². The fourth-order valence-electron chi connectivity index (χ4n) is 2.32. The Kier molecular flexibility index (Phi) is 3.73. The van der Waals surface area contributed by atoms with Gasteiger partial charge in [-0.15, -0.1) is 0 Å². The van der Waals surface area contributed by atoms with E-state index in [0.717, 1.165) is 19.3 Å². The Morgan fingerprint density at radius 1 is 1.53 bits per heavy atom. The van der Waals surface area contributed by atoms with Crippen molar-refractivity contribution in [2.24, 2.45) is 12.5 Å². The lowest BCUT2D eigenvalue weighted by molar-refractivity contribution is -0.141. The summed E-state index contributed by atoms with van der Waals surface area (Å²) >= 11 is 0. The monoisotopic (exact) mass is 266 g/mol. The smallest absolute Gasteiger partial charge is 0.320 e. The number of hydrogen-bond donors (Lipinski definition) is 3. The van der Waals surface area contributed by atoms with E-state index in [-0.39, 0.29) is 17.9 Å². The molecule has 2 rings (SSSR count). The third-order valence-electron chi connectivity index (χ3n) is 3.52. The van der Waals surface area contributed by atoms with Gasteiger partial charge in [0.15, 0.2) is 5.82 Å². The van der Waals surface area contributed by atoms with Gasteiger partial charge >= 0.3 is 12.0 Å². The summed E-state index contributed by atoms with van der Waals surface area (Å²) in [5, 5.41) is 18.2. The van der Waals surface area contributed by atoms with Gasteiger partial charge in [-0.05, 0) is 18.3 Å². The van der Waals surface area contributed by atoms with Gasteiger partial charge in [0.1, 0.15) is 0 Å². The van der Waals surface area contributed by atoms with Crippen LogP contribution in [0.25, 0.3) is 0 Å². The van der Waals surface area contributed by atoms with E-state index in [4.69, 9.17) is 5.11 Å². The molecule has 1 heterocycles. The van der Waals surface area contributed by atoms with Crippen molar-refractivity contribution in [2.75, 3.05) is 11.9 Å². The Bertz CT molecular complexity index is 479. The molecule has 7 heteroatoms. The van der Waals surface area contributed by atoms with Crippen molar-refractivity contribution < 1.29 is 14.7 Å². The first-order valence-corrected chi connectivity index (χ1v) is 6.25. The lowest BCUT2D eigenvalue weighted by Gasteiger charge is -2.40. The second kappa shape index (κ2) is 5.29. The molecule has 1 aromatic rings. The lowest BCUT2D eigenvalue weighted by Crippen LogP contribution is -2.44. The second-order valence-corrected chi connectivity index (χ2v) is 5.11. The Labute approximate surface area is 111 Å². The summed E-state index contributed by atoms with van der Waals surface area (Å²) < 4.78 is 1.59. The zero-order valence-corrected chi connectivity index (χ0v) is 10.8. The van der Waals surface area contributed by atoms with E-state index in [1.165, 1.54) is 0 Å². The highest BCUT2D eigenvalue weighted by molar-refractivity contribution is 5.88. The largest absolute Gasteiger partial charge is 0.481 e. The zero-order valence-electron chi connectivity index (χ0n) is 10.8.